The van der Waals surface area contributed by atoms with Gasteiger partial charge >= 0.3 is 0 Å². The van der Waals surface area contributed by atoms with Crippen LogP contribution < -0.4 is 10.2 Å². The molecular formula is C13H12N4O2S2. The maximum Gasteiger partial charge on any atom is 0.161 e. The number of rotatable bonds is 5. The number of anilines is 1. The second-order valence-electron chi connectivity index (χ2n) is 3.81. The van der Waals surface area contributed by atoms with Crippen LogP contribution in [0.5, 0.6) is 11.5 Å². The molecule has 21 heavy (non-hydrogen) atoms. The van der Waals surface area contributed by atoms with E-state index in [0.29, 0.717) is 21.3 Å². The van der Waals surface area contributed by atoms with Crippen molar-refractivity contribution in [1.29, 1.82) is 5.26 Å². The van der Waals surface area contributed by atoms with Gasteiger partial charge in [0.15, 0.2) is 11.5 Å². The molecule has 2 rings (SSSR count). The number of hydrogen-bond donors (Lipinski definition) is 2. The summed E-state index contributed by atoms with van der Waals surface area (Å²) in [5.41, 5.74) is 4.05. The maximum absolute atomic E-state index is 9.51. The summed E-state index contributed by atoms with van der Waals surface area (Å²) < 4.78 is 9.18. The normalized spacial score (nSPS) is 10.5. The number of nitriles is 1. The first-order chi connectivity index (χ1) is 10.2. The van der Waals surface area contributed by atoms with E-state index in [1.54, 1.807) is 18.3 Å². The molecule has 1 aromatic carbocycles. The molecule has 0 fully saturated rings. The Morgan fingerprint density at radius 1 is 1.57 bits per heavy atom. The number of aromatic nitrogens is 1. The fraction of sp³-hybridized carbons (Fsp3) is 0.154. The van der Waals surface area contributed by atoms with Gasteiger partial charge in [-0.25, -0.2) is 0 Å². The van der Waals surface area contributed by atoms with Gasteiger partial charge in [0.1, 0.15) is 21.7 Å². The van der Waals surface area contributed by atoms with E-state index in [1.807, 2.05) is 6.26 Å². The minimum atomic E-state index is 0.0708. The van der Waals surface area contributed by atoms with Gasteiger partial charge in [-0.3, -0.25) is 5.43 Å². The molecule has 0 saturated carbocycles. The summed E-state index contributed by atoms with van der Waals surface area (Å²) in [6.45, 7) is 0. The monoisotopic (exact) mass is 320 g/mol. The van der Waals surface area contributed by atoms with E-state index >= 15 is 0 Å². The van der Waals surface area contributed by atoms with Crippen LogP contribution >= 0.6 is 23.3 Å². The number of hydrogen-bond acceptors (Lipinski definition) is 8. The number of phenolic OH excluding ortho intramolecular Hbond substituents is 1. The van der Waals surface area contributed by atoms with E-state index in [2.05, 4.69) is 21.0 Å². The second-order valence-corrected chi connectivity index (χ2v) is 5.38. The Balaban J connectivity index is 2.13. The third kappa shape index (κ3) is 3.45. The Kier molecular flexibility index (Phi) is 5.03. The van der Waals surface area contributed by atoms with Gasteiger partial charge in [-0.1, -0.05) is 0 Å². The van der Waals surface area contributed by atoms with Crippen LogP contribution in [0.25, 0.3) is 0 Å². The van der Waals surface area contributed by atoms with Crippen LogP contribution in [0.15, 0.2) is 28.3 Å². The van der Waals surface area contributed by atoms with E-state index in [1.165, 1.54) is 36.5 Å². The lowest BCUT2D eigenvalue weighted by Crippen LogP contribution is -1.92. The SMILES string of the molecule is COc1cc(/C=N\Nc2snc(SC)c2C#N)ccc1O. The van der Waals surface area contributed by atoms with Gasteiger partial charge in [0, 0.05) is 0 Å². The van der Waals surface area contributed by atoms with Crippen LogP contribution in [0.1, 0.15) is 11.1 Å². The number of nitrogens with zero attached hydrogens (tertiary/aromatic N) is 3. The second kappa shape index (κ2) is 6.97. The van der Waals surface area contributed by atoms with Crippen molar-refractivity contribution in [2.75, 3.05) is 18.8 Å². The zero-order valence-corrected chi connectivity index (χ0v) is 13.0. The first-order valence-electron chi connectivity index (χ1n) is 5.79. The summed E-state index contributed by atoms with van der Waals surface area (Å²) in [5, 5.41) is 24.0. The molecule has 2 aromatic rings. The average Bonchev–Trinajstić information content (AvgIpc) is 2.91. The van der Waals surface area contributed by atoms with Gasteiger partial charge in [0.05, 0.1) is 13.3 Å². The molecule has 0 atom stereocenters. The van der Waals surface area contributed by atoms with Crippen LogP contribution in [-0.4, -0.2) is 29.1 Å². The zero-order chi connectivity index (χ0) is 15.2. The lowest BCUT2D eigenvalue weighted by molar-refractivity contribution is 0.373. The first-order valence-corrected chi connectivity index (χ1v) is 7.79. The minimum absolute atomic E-state index is 0.0708. The van der Waals surface area contributed by atoms with Gasteiger partial charge in [-0.2, -0.15) is 14.7 Å². The third-order valence-corrected chi connectivity index (χ3v) is 4.10. The Morgan fingerprint density at radius 2 is 2.38 bits per heavy atom. The molecule has 0 amide bonds. The molecule has 0 aliphatic carbocycles. The number of methoxy groups -OCH3 is 1. The maximum atomic E-state index is 9.51. The van der Waals surface area contributed by atoms with Crippen LogP contribution in [0.3, 0.4) is 0 Å². The van der Waals surface area contributed by atoms with Crippen molar-refractivity contribution in [1.82, 2.24) is 4.37 Å². The molecule has 1 aromatic heterocycles. The number of phenols is 1. The highest BCUT2D eigenvalue weighted by Crippen LogP contribution is 2.30. The highest BCUT2D eigenvalue weighted by Gasteiger charge is 2.11. The highest BCUT2D eigenvalue weighted by molar-refractivity contribution is 7.98. The summed E-state index contributed by atoms with van der Waals surface area (Å²) in [5.74, 6) is 0.445. The van der Waals surface area contributed by atoms with Gasteiger partial charge in [-0.05, 0) is 41.6 Å². The van der Waals surface area contributed by atoms with Crippen LogP contribution in [-0.2, 0) is 0 Å². The molecule has 6 nitrogen and oxygen atoms in total. The van der Waals surface area contributed by atoms with Crippen LogP contribution in [0, 0.1) is 11.3 Å². The topological polar surface area (TPSA) is 90.5 Å². The summed E-state index contributed by atoms with van der Waals surface area (Å²) >= 11 is 2.61. The summed E-state index contributed by atoms with van der Waals surface area (Å²) in [4.78, 5) is 0. The number of thioether (sulfide) groups is 1. The van der Waals surface area contributed by atoms with Crippen molar-refractivity contribution >= 4 is 34.5 Å². The van der Waals surface area contributed by atoms with Gasteiger partial charge in [-0.15, -0.1) is 11.8 Å². The largest absolute Gasteiger partial charge is 0.504 e. The van der Waals surface area contributed by atoms with Crippen LogP contribution in [0.4, 0.5) is 5.00 Å². The van der Waals surface area contributed by atoms with Crippen molar-refractivity contribution in [3.63, 3.8) is 0 Å². The summed E-state index contributed by atoms with van der Waals surface area (Å²) in [7, 11) is 1.48. The Morgan fingerprint density at radius 3 is 3.05 bits per heavy atom. The van der Waals surface area contributed by atoms with Crippen LogP contribution in [0.2, 0.25) is 0 Å². The summed E-state index contributed by atoms with van der Waals surface area (Å²) in [6.07, 6.45) is 3.44. The summed E-state index contributed by atoms with van der Waals surface area (Å²) in [6, 6.07) is 7.00. The van der Waals surface area contributed by atoms with Gasteiger partial charge in [0.25, 0.3) is 0 Å². The van der Waals surface area contributed by atoms with Gasteiger partial charge in [0.2, 0.25) is 0 Å². The van der Waals surface area contributed by atoms with Crippen molar-refractivity contribution in [3.8, 4) is 17.6 Å². The minimum Gasteiger partial charge on any atom is -0.504 e. The molecule has 0 saturated heterocycles. The number of aromatic hydroxyl groups is 1. The van der Waals surface area contributed by atoms with Gasteiger partial charge < -0.3 is 9.84 Å². The van der Waals surface area contributed by atoms with E-state index in [0.717, 1.165) is 5.56 Å². The Labute approximate surface area is 130 Å². The van der Waals surface area contributed by atoms with Crippen molar-refractivity contribution < 1.29 is 9.84 Å². The average molecular weight is 320 g/mol. The smallest absolute Gasteiger partial charge is 0.161 e. The molecule has 8 heteroatoms. The molecule has 0 spiro atoms. The standard InChI is InChI=1S/C13H12N4O2S2/c1-19-11-5-8(3-4-10(11)18)7-15-16-12-9(6-14)13(20-2)17-21-12/h3-5,7,16,18H,1-2H3/b15-7-. The molecule has 0 radical (unpaired) electrons. The number of hydrazone groups is 1. The third-order valence-electron chi connectivity index (χ3n) is 2.55. The fourth-order valence-electron chi connectivity index (χ4n) is 1.53. The molecule has 0 unspecified atom stereocenters. The predicted molar refractivity (Wildman–Crippen MR) is 84.5 cm³/mol. The lowest BCUT2D eigenvalue weighted by atomic mass is 10.2. The molecule has 2 N–H and O–H groups in total. The quantitative estimate of drug-likeness (QED) is 0.500. The molecular weight excluding hydrogens is 308 g/mol. The molecule has 0 aliphatic rings. The van der Waals surface area contributed by atoms with E-state index in [4.69, 9.17) is 10.00 Å². The molecule has 108 valence electrons. The van der Waals surface area contributed by atoms with Crippen molar-refractivity contribution in [3.05, 3.63) is 29.3 Å². The number of ether oxygens (including phenoxy) is 1. The lowest BCUT2D eigenvalue weighted by Gasteiger charge is -2.03. The number of benzene rings is 1. The Bertz CT molecular complexity index is 707. The predicted octanol–water partition coefficient (Wildman–Crippen LogP) is 2.90. The van der Waals surface area contributed by atoms with Crippen molar-refractivity contribution in [2.45, 2.75) is 5.03 Å². The molecule has 0 bridgehead atoms. The first kappa shape index (κ1) is 15.2. The van der Waals surface area contributed by atoms with E-state index in [9.17, 15) is 5.11 Å². The fourth-order valence-corrected chi connectivity index (χ4v) is 2.95. The molecule has 0 aliphatic heterocycles. The Hall–Kier alpha value is -2.24. The zero-order valence-electron chi connectivity index (χ0n) is 11.3. The van der Waals surface area contributed by atoms with E-state index < -0.39 is 0 Å². The molecule has 1 heterocycles. The van der Waals surface area contributed by atoms with E-state index in [-0.39, 0.29) is 5.75 Å². The van der Waals surface area contributed by atoms with Crippen molar-refractivity contribution in [2.24, 2.45) is 5.10 Å². The highest BCUT2D eigenvalue weighted by atomic mass is 32.2. The number of nitrogens with one attached hydrogen (secondary N) is 1.